The lowest BCUT2D eigenvalue weighted by Gasteiger charge is -2.36. The SMILES string of the molecule is C[C@@H]1CCCC[C@]12NC(=O)N(Cc1cccc(S(=O)(=O)N(C)C)c1)C2=O. The second-order valence-electron chi connectivity index (χ2n) is 7.37. The maximum absolute atomic E-state index is 13.0. The molecule has 2 fully saturated rings. The summed E-state index contributed by atoms with van der Waals surface area (Å²) in [6, 6.07) is 5.98. The van der Waals surface area contributed by atoms with E-state index in [1.807, 2.05) is 6.92 Å². The van der Waals surface area contributed by atoms with Gasteiger partial charge in [0.15, 0.2) is 0 Å². The molecule has 0 unspecified atom stereocenters. The molecule has 3 amide bonds. The van der Waals surface area contributed by atoms with Crippen molar-refractivity contribution in [3.63, 3.8) is 0 Å². The Balaban J connectivity index is 1.86. The van der Waals surface area contributed by atoms with Crippen LogP contribution in [0, 0.1) is 5.92 Å². The first-order valence-corrected chi connectivity index (χ1v) is 10.3. The van der Waals surface area contributed by atoms with Gasteiger partial charge in [-0.3, -0.25) is 9.69 Å². The number of rotatable bonds is 4. The van der Waals surface area contributed by atoms with E-state index in [4.69, 9.17) is 0 Å². The lowest BCUT2D eigenvalue weighted by Crippen LogP contribution is -2.53. The molecule has 1 spiro atoms. The Morgan fingerprint density at radius 2 is 2.00 bits per heavy atom. The number of nitrogens with zero attached hydrogens (tertiary/aromatic N) is 2. The molecule has 1 aromatic rings. The van der Waals surface area contributed by atoms with Crippen LogP contribution in [0.4, 0.5) is 4.79 Å². The van der Waals surface area contributed by atoms with Crippen molar-refractivity contribution in [2.45, 2.75) is 49.6 Å². The normalized spacial score (nSPS) is 26.6. The first kappa shape index (κ1) is 18.8. The Morgan fingerprint density at radius 3 is 2.65 bits per heavy atom. The molecule has 1 aliphatic heterocycles. The minimum Gasteiger partial charge on any atom is -0.323 e. The van der Waals surface area contributed by atoms with Crippen LogP contribution in [0.5, 0.6) is 0 Å². The summed E-state index contributed by atoms with van der Waals surface area (Å²) in [5.74, 6) is -0.103. The Morgan fingerprint density at radius 1 is 1.27 bits per heavy atom. The van der Waals surface area contributed by atoms with E-state index in [1.54, 1.807) is 12.1 Å². The monoisotopic (exact) mass is 379 g/mol. The van der Waals surface area contributed by atoms with Gasteiger partial charge in [0.25, 0.3) is 5.91 Å². The molecule has 1 saturated carbocycles. The van der Waals surface area contributed by atoms with Crippen LogP contribution in [-0.4, -0.2) is 49.2 Å². The molecular formula is C18H25N3O4S. The van der Waals surface area contributed by atoms with Crippen LogP contribution in [0.15, 0.2) is 29.2 Å². The van der Waals surface area contributed by atoms with Gasteiger partial charge in [-0.25, -0.2) is 17.5 Å². The summed E-state index contributed by atoms with van der Waals surface area (Å²) < 4.78 is 25.7. The van der Waals surface area contributed by atoms with E-state index in [-0.39, 0.29) is 23.3 Å². The van der Waals surface area contributed by atoms with Crippen molar-refractivity contribution in [2.24, 2.45) is 5.92 Å². The third kappa shape index (κ3) is 3.01. The number of hydrogen-bond acceptors (Lipinski definition) is 4. The molecule has 26 heavy (non-hydrogen) atoms. The fourth-order valence-electron chi connectivity index (χ4n) is 3.84. The molecule has 0 radical (unpaired) electrons. The van der Waals surface area contributed by atoms with Gasteiger partial charge in [-0.1, -0.05) is 31.9 Å². The molecule has 2 atom stereocenters. The Kier molecular flexibility index (Phi) is 4.83. The largest absolute Gasteiger partial charge is 0.325 e. The number of benzene rings is 1. The topological polar surface area (TPSA) is 86.8 Å². The number of imide groups is 1. The van der Waals surface area contributed by atoms with Gasteiger partial charge in [-0.15, -0.1) is 0 Å². The first-order valence-electron chi connectivity index (χ1n) is 8.84. The fourth-order valence-corrected chi connectivity index (χ4v) is 4.81. The van der Waals surface area contributed by atoms with E-state index in [1.165, 1.54) is 31.1 Å². The third-order valence-corrected chi connectivity index (χ3v) is 7.33. The van der Waals surface area contributed by atoms with Crippen molar-refractivity contribution >= 4 is 22.0 Å². The van der Waals surface area contributed by atoms with Crippen molar-refractivity contribution in [3.05, 3.63) is 29.8 Å². The van der Waals surface area contributed by atoms with Crippen LogP contribution in [0.2, 0.25) is 0 Å². The summed E-state index contributed by atoms with van der Waals surface area (Å²) >= 11 is 0. The quantitative estimate of drug-likeness (QED) is 0.810. The van der Waals surface area contributed by atoms with Crippen molar-refractivity contribution in [1.82, 2.24) is 14.5 Å². The lowest BCUT2D eigenvalue weighted by molar-refractivity contribution is -0.134. The van der Waals surface area contributed by atoms with E-state index < -0.39 is 21.6 Å². The zero-order valence-corrected chi connectivity index (χ0v) is 16.2. The van der Waals surface area contributed by atoms with E-state index in [2.05, 4.69) is 5.32 Å². The van der Waals surface area contributed by atoms with Gasteiger partial charge in [0.05, 0.1) is 11.4 Å². The van der Waals surface area contributed by atoms with E-state index in [9.17, 15) is 18.0 Å². The molecule has 1 aromatic carbocycles. The lowest BCUT2D eigenvalue weighted by atomic mass is 9.73. The highest BCUT2D eigenvalue weighted by molar-refractivity contribution is 7.89. The maximum Gasteiger partial charge on any atom is 0.325 e. The zero-order valence-electron chi connectivity index (χ0n) is 15.4. The van der Waals surface area contributed by atoms with Crippen LogP contribution in [0.25, 0.3) is 0 Å². The predicted octanol–water partition coefficient (Wildman–Crippen LogP) is 1.94. The minimum atomic E-state index is -3.57. The highest BCUT2D eigenvalue weighted by atomic mass is 32.2. The summed E-state index contributed by atoms with van der Waals surface area (Å²) in [6.45, 7) is 2.07. The molecule has 0 aromatic heterocycles. The second kappa shape index (κ2) is 6.66. The van der Waals surface area contributed by atoms with Gasteiger partial charge in [0.1, 0.15) is 5.54 Å². The summed E-state index contributed by atoms with van der Waals surface area (Å²) in [7, 11) is -0.635. The molecule has 3 rings (SSSR count). The highest BCUT2D eigenvalue weighted by Gasteiger charge is 2.54. The smallest absolute Gasteiger partial charge is 0.323 e. The molecule has 0 bridgehead atoms. The van der Waals surface area contributed by atoms with Gasteiger partial charge in [0, 0.05) is 14.1 Å². The number of hydrogen-bond donors (Lipinski definition) is 1. The number of urea groups is 1. The second-order valence-corrected chi connectivity index (χ2v) is 9.53. The van der Waals surface area contributed by atoms with Crippen LogP contribution in [0.1, 0.15) is 38.2 Å². The van der Waals surface area contributed by atoms with Gasteiger partial charge in [-0.05, 0) is 36.5 Å². The Bertz CT molecular complexity index is 837. The number of carbonyl (C=O) groups excluding carboxylic acids is 2. The molecule has 1 N–H and O–H groups in total. The van der Waals surface area contributed by atoms with Crippen LogP contribution < -0.4 is 5.32 Å². The molecule has 7 nitrogen and oxygen atoms in total. The summed E-state index contributed by atoms with van der Waals surface area (Å²) in [4.78, 5) is 26.8. The Hall–Kier alpha value is -1.93. The molecule has 142 valence electrons. The average Bonchev–Trinajstić information content (AvgIpc) is 2.83. The van der Waals surface area contributed by atoms with Crippen LogP contribution >= 0.6 is 0 Å². The summed E-state index contributed by atoms with van der Waals surface area (Å²) in [5.41, 5.74) is -0.195. The minimum absolute atomic E-state index is 0.0654. The van der Waals surface area contributed by atoms with E-state index >= 15 is 0 Å². The number of nitrogens with one attached hydrogen (secondary N) is 1. The summed E-state index contributed by atoms with van der Waals surface area (Å²) in [6.07, 6.45) is 3.55. The molecule has 1 heterocycles. The van der Waals surface area contributed by atoms with Crippen LogP contribution in [-0.2, 0) is 21.4 Å². The third-order valence-electron chi connectivity index (χ3n) is 5.52. The first-order chi connectivity index (χ1) is 12.2. The molecule has 1 aliphatic carbocycles. The average molecular weight is 379 g/mol. The predicted molar refractivity (Wildman–Crippen MR) is 96.8 cm³/mol. The van der Waals surface area contributed by atoms with E-state index in [0.29, 0.717) is 12.0 Å². The van der Waals surface area contributed by atoms with Crippen LogP contribution in [0.3, 0.4) is 0 Å². The van der Waals surface area contributed by atoms with E-state index in [0.717, 1.165) is 23.6 Å². The maximum atomic E-state index is 13.0. The zero-order chi connectivity index (χ0) is 19.1. The number of amides is 3. The highest BCUT2D eigenvalue weighted by Crippen LogP contribution is 2.38. The summed E-state index contributed by atoms with van der Waals surface area (Å²) in [5, 5.41) is 2.91. The number of sulfonamides is 1. The van der Waals surface area contributed by atoms with Gasteiger partial charge < -0.3 is 5.32 Å². The molecule has 1 saturated heterocycles. The molecular weight excluding hydrogens is 354 g/mol. The van der Waals surface area contributed by atoms with Crippen molar-refractivity contribution in [3.8, 4) is 0 Å². The van der Waals surface area contributed by atoms with Crippen molar-refractivity contribution < 1.29 is 18.0 Å². The molecule has 2 aliphatic rings. The number of carbonyl (C=O) groups is 2. The standard InChI is InChI=1S/C18H25N3O4S/c1-13-7-4-5-10-18(13)16(22)21(17(23)19-18)12-14-8-6-9-15(11-14)26(24,25)20(2)3/h6,8-9,11,13H,4-5,7,10,12H2,1-3H3,(H,19,23)/t13-,18+/m1/s1. The van der Waals surface area contributed by atoms with Crippen molar-refractivity contribution in [2.75, 3.05) is 14.1 Å². The van der Waals surface area contributed by atoms with Gasteiger partial charge in [0.2, 0.25) is 10.0 Å². The Labute approximate surface area is 154 Å². The van der Waals surface area contributed by atoms with Gasteiger partial charge in [-0.2, -0.15) is 0 Å². The molecule has 8 heteroatoms. The van der Waals surface area contributed by atoms with Gasteiger partial charge >= 0.3 is 6.03 Å². The fraction of sp³-hybridized carbons (Fsp3) is 0.556. The van der Waals surface area contributed by atoms with Crippen molar-refractivity contribution in [1.29, 1.82) is 0 Å².